The molecule has 94 valence electrons. The van der Waals surface area contributed by atoms with Crippen LogP contribution < -0.4 is 0 Å². The van der Waals surface area contributed by atoms with Gasteiger partial charge in [0.2, 0.25) is 0 Å². The molecule has 1 unspecified atom stereocenters. The highest BCUT2D eigenvalue weighted by Crippen LogP contribution is 2.33. The molecular formula is C13H7ClF3I. The third-order valence-corrected chi connectivity index (χ3v) is 3.65. The molecule has 0 saturated heterocycles. The zero-order valence-corrected chi connectivity index (χ0v) is 11.8. The van der Waals surface area contributed by atoms with Gasteiger partial charge in [0.25, 0.3) is 0 Å². The molecule has 0 nitrogen and oxygen atoms in total. The quantitative estimate of drug-likeness (QED) is 0.504. The SMILES string of the molecule is Fc1cc(F)c(C(Cl)c2ccc(I)cc2)c(F)c1. The summed E-state index contributed by atoms with van der Waals surface area (Å²) in [6.45, 7) is 0. The Morgan fingerprint density at radius 1 is 0.944 bits per heavy atom. The maximum atomic E-state index is 13.6. The summed E-state index contributed by atoms with van der Waals surface area (Å²) in [5.41, 5.74) is 0.223. The summed E-state index contributed by atoms with van der Waals surface area (Å²) < 4.78 is 40.9. The summed E-state index contributed by atoms with van der Waals surface area (Å²) in [5, 5.41) is -0.984. The van der Waals surface area contributed by atoms with E-state index in [-0.39, 0.29) is 5.56 Å². The highest BCUT2D eigenvalue weighted by atomic mass is 127. The minimum Gasteiger partial charge on any atom is -0.207 e. The van der Waals surface area contributed by atoms with E-state index in [4.69, 9.17) is 11.6 Å². The molecular weight excluding hydrogens is 375 g/mol. The van der Waals surface area contributed by atoms with E-state index in [1.165, 1.54) is 0 Å². The second kappa shape index (κ2) is 5.48. The molecule has 2 aromatic rings. The van der Waals surface area contributed by atoms with Crippen LogP contribution in [0.5, 0.6) is 0 Å². The van der Waals surface area contributed by atoms with Crippen LogP contribution in [0.15, 0.2) is 36.4 Å². The lowest BCUT2D eigenvalue weighted by Gasteiger charge is -2.12. The first-order chi connectivity index (χ1) is 8.49. The van der Waals surface area contributed by atoms with E-state index in [2.05, 4.69) is 22.6 Å². The van der Waals surface area contributed by atoms with Crippen LogP contribution in [0.4, 0.5) is 13.2 Å². The number of rotatable bonds is 2. The van der Waals surface area contributed by atoms with Crippen LogP contribution in [-0.4, -0.2) is 0 Å². The standard InChI is InChI=1S/C13H7ClF3I/c14-13(7-1-3-9(18)4-2-7)12-10(16)5-8(15)6-11(12)17/h1-6,13H. The summed E-state index contributed by atoms with van der Waals surface area (Å²) >= 11 is 8.15. The average Bonchev–Trinajstić information content (AvgIpc) is 2.28. The lowest BCUT2D eigenvalue weighted by atomic mass is 10.0. The van der Waals surface area contributed by atoms with Crippen LogP contribution in [0.1, 0.15) is 16.5 Å². The topological polar surface area (TPSA) is 0 Å². The van der Waals surface area contributed by atoms with Crippen molar-refractivity contribution in [1.82, 2.24) is 0 Å². The predicted octanol–water partition coefficient (Wildman–Crippen LogP) is 5.04. The minimum absolute atomic E-state index is 0.334. The van der Waals surface area contributed by atoms with Gasteiger partial charge in [-0.15, -0.1) is 11.6 Å². The zero-order chi connectivity index (χ0) is 13.3. The fourth-order valence-corrected chi connectivity index (χ4v) is 2.31. The lowest BCUT2D eigenvalue weighted by Crippen LogP contribution is -2.02. The van der Waals surface area contributed by atoms with Gasteiger partial charge in [-0.3, -0.25) is 0 Å². The van der Waals surface area contributed by atoms with Gasteiger partial charge in [0, 0.05) is 21.3 Å². The molecule has 0 spiro atoms. The van der Waals surface area contributed by atoms with Gasteiger partial charge in [-0.25, -0.2) is 13.2 Å². The summed E-state index contributed by atoms with van der Waals surface area (Å²) in [7, 11) is 0. The Morgan fingerprint density at radius 3 is 1.94 bits per heavy atom. The van der Waals surface area contributed by atoms with Crippen molar-refractivity contribution in [3.8, 4) is 0 Å². The van der Waals surface area contributed by atoms with E-state index in [0.29, 0.717) is 17.7 Å². The summed E-state index contributed by atoms with van der Waals surface area (Å²) in [6.07, 6.45) is 0. The summed E-state index contributed by atoms with van der Waals surface area (Å²) in [6, 6.07) is 8.18. The summed E-state index contributed by atoms with van der Waals surface area (Å²) in [4.78, 5) is 0. The first kappa shape index (κ1) is 13.7. The average molecular weight is 383 g/mol. The Hall–Kier alpha value is -0.750. The van der Waals surface area contributed by atoms with Gasteiger partial charge in [0.05, 0.1) is 5.38 Å². The van der Waals surface area contributed by atoms with Gasteiger partial charge in [0.1, 0.15) is 17.5 Å². The van der Waals surface area contributed by atoms with E-state index in [0.717, 1.165) is 3.57 Å². The first-order valence-corrected chi connectivity index (χ1v) is 6.54. The third kappa shape index (κ3) is 2.80. The molecule has 0 bridgehead atoms. The van der Waals surface area contributed by atoms with Crippen molar-refractivity contribution in [1.29, 1.82) is 0 Å². The van der Waals surface area contributed by atoms with Gasteiger partial charge in [-0.2, -0.15) is 0 Å². The molecule has 18 heavy (non-hydrogen) atoms. The van der Waals surface area contributed by atoms with E-state index in [9.17, 15) is 13.2 Å². The molecule has 1 atom stereocenters. The van der Waals surface area contributed by atoms with E-state index >= 15 is 0 Å². The normalized spacial score (nSPS) is 12.5. The number of alkyl halides is 1. The monoisotopic (exact) mass is 382 g/mol. The molecule has 2 rings (SSSR count). The molecule has 0 aromatic heterocycles. The van der Waals surface area contributed by atoms with E-state index < -0.39 is 22.8 Å². The molecule has 0 heterocycles. The van der Waals surface area contributed by atoms with Crippen LogP contribution in [0, 0.1) is 21.0 Å². The molecule has 0 amide bonds. The minimum atomic E-state index is -0.984. The molecule has 0 radical (unpaired) electrons. The van der Waals surface area contributed by atoms with Crippen LogP contribution in [0.25, 0.3) is 0 Å². The Labute approximate surface area is 121 Å². The van der Waals surface area contributed by atoms with Crippen LogP contribution >= 0.6 is 34.2 Å². The third-order valence-electron chi connectivity index (χ3n) is 2.46. The lowest BCUT2D eigenvalue weighted by molar-refractivity contribution is 0.526. The molecule has 0 N–H and O–H groups in total. The molecule has 5 heteroatoms. The van der Waals surface area contributed by atoms with Crippen LogP contribution in [-0.2, 0) is 0 Å². The molecule has 2 aromatic carbocycles. The van der Waals surface area contributed by atoms with Gasteiger partial charge in [-0.1, -0.05) is 12.1 Å². The highest BCUT2D eigenvalue weighted by Gasteiger charge is 2.21. The Balaban J connectivity index is 2.46. The molecule has 0 saturated carbocycles. The number of halogens is 5. The maximum Gasteiger partial charge on any atom is 0.134 e. The predicted molar refractivity (Wildman–Crippen MR) is 73.2 cm³/mol. The van der Waals surface area contributed by atoms with Crippen molar-refractivity contribution in [2.24, 2.45) is 0 Å². The largest absolute Gasteiger partial charge is 0.207 e. The van der Waals surface area contributed by atoms with Gasteiger partial charge in [-0.05, 0) is 40.3 Å². The highest BCUT2D eigenvalue weighted by molar-refractivity contribution is 14.1. The van der Waals surface area contributed by atoms with E-state index in [1.54, 1.807) is 24.3 Å². The fourth-order valence-electron chi connectivity index (χ4n) is 1.59. The van der Waals surface area contributed by atoms with Crippen molar-refractivity contribution >= 4 is 34.2 Å². The van der Waals surface area contributed by atoms with Crippen molar-refractivity contribution in [3.63, 3.8) is 0 Å². The smallest absolute Gasteiger partial charge is 0.134 e. The molecule has 0 aliphatic rings. The summed E-state index contributed by atoms with van der Waals surface area (Å²) in [5.74, 6) is -2.92. The van der Waals surface area contributed by atoms with Gasteiger partial charge in [0.15, 0.2) is 0 Å². The molecule has 0 fully saturated rings. The zero-order valence-electron chi connectivity index (χ0n) is 8.93. The Kier molecular flexibility index (Phi) is 4.17. The Morgan fingerprint density at radius 2 is 1.44 bits per heavy atom. The second-order valence-electron chi connectivity index (χ2n) is 3.70. The number of benzene rings is 2. The van der Waals surface area contributed by atoms with Crippen molar-refractivity contribution in [2.75, 3.05) is 0 Å². The van der Waals surface area contributed by atoms with Crippen molar-refractivity contribution < 1.29 is 13.2 Å². The maximum absolute atomic E-state index is 13.6. The second-order valence-corrected chi connectivity index (χ2v) is 5.38. The number of hydrogen-bond donors (Lipinski definition) is 0. The molecule has 0 aliphatic heterocycles. The van der Waals surface area contributed by atoms with Gasteiger partial charge < -0.3 is 0 Å². The first-order valence-electron chi connectivity index (χ1n) is 5.03. The Bertz CT molecular complexity index is 546. The molecule has 0 aliphatic carbocycles. The van der Waals surface area contributed by atoms with E-state index in [1.807, 2.05) is 0 Å². The van der Waals surface area contributed by atoms with Crippen molar-refractivity contribution in [3.05, 3.63) is 68.5 Å². The van der Waals surface area contributed by atoms with Crippen LogP contribution in [0.2, 0.25) is 0 Å². The van der Waals surface area contributed by atoms with Gasteiger partial charge >= 0.3 is 0 Å². The van der Waals surface area contributed by atoms with Crippen molar-refractivity contribution in [2.45, 2.75) is 5.38 Å². The van der Waals surface area contributed by atoms with Crippen LogP contribution in [0.3, 0.4) is 0 Å². The number of hydrogen-bond acceptors (Lipinski definition) is 0. The fraction of sp³-hybridized carbons (Fsp3) is 0.0769.